The first-order valence-electron chi connectivity index (χ1n) is 7.44. The first kappa shape index (κ1) is 14.5. The Bertz CT molecular complexity index is 417. The zero-order chi connectivity index (χ0) is 13.9. The summed E-state index contributed by atoms with van der Waals surface area (Å²) in [5.41, 5.74) is 4.66. The van der Waals surface area contributed by atoms with Crippen molar-refractivity contribution < 1.29 is 0 Å². The van der Waals surface area contributed by atoms with E-state index < -0.39 is 0 Å². The van der Waals surface area contributed by atoms with Gasteiger partial charge in [-0.05, 0) is 63.4 Å². The van der Waals surface area contributed by atoms with Gasteiger partial charge in [-0.3, -0.25) is 0 Å². The molecule has 1 saturated heterocycles. The van der Waals surface area contributed by atoms with Crippen LogP contribution in [0.3, 0.4) is 0 Å². The molecule has 1 aliphatic heterocycles. The average Bonchev–Trinajstić information content (AvgIpc) is 2.36. The maximum absolute atomic E-state index is 3.67. The second-order valence-corrected chi connectivity index (χ2v) is 6.65. The van der Waals surface area contributed by atoms with Crippen molar-refractivity contribution >= 4 is 0 Å². The molecule has 19 heavy (non-hydrogen) atoms. The molecule has 2 heteroatoms. The zero-order valence-corrected chi connectivity index (χ0v) is 12.9. The number of nitrogens with one attached hydrogen (secondary N) is 1. The van der Waals surface area contributed by atoms with Gasteiger partial charge in [0.05, 0.1) is 0 Å². The molecular weight excluding hydrogens is 232 g/mol. The normalized spacial score (nSPS) is 19.6. The Hall–Kier alpha value is -0.860. The summed E-state index contributed by atoms with van der Waals surface area (Å²) in [6.07, 6.45) is 2.62. The number of hydrogen-bond acceptors (Lipinski definition) is 2. The van der Waals surface area contributed by atoms with Crippen molar-refractivity contribution in [3.63, 3.8) is 0 Å². The second kappa shape index (κ2) is 6.06. The molecule has 0 saturated carbocycles. The van der Waals surface area contributed by atoms with Crippen LogP contribution >= 0.6 is 0 Å². The summed E-state index contributed by atoms with van der Waals surface area (Å²) in [6, 6.07) is 6.74. The third kappa shape index (κ3) is 4.05. The third-order valence-corrected chi connectivity index (χ3v) is 4.56. The Morgan fingerprint density at radius 1 is 1.21 bits per heavy atom. The van der Waals surface area contributed by atoms with Gasteiger partial charge in [-0.1, -0.05) is 30.7 Å². The van der Waals surface area contributed by atoms with Gasteiger partial charge in [0.25, 0.3) is 0 Å². The van der Waals surface area contributed by atoms with Gasteiger partial charge < -0.3 is 10.2 Å². The van der Waals surface area contributed by atoms with Crippen LogP contribution in [0.2, 0.25) is 0 Å². The second-order valence-electron chi connectivity index (χ2n) is 6.65. The monoisotopic (exact) mass is 260 g/mol. The Kier molecular flexibility index (Phi) is 4.64. The van der Waals surface area contributed by atoms with Crippen LogP contribution in [0, 0.1) is 19.3 Å². The van der Waals surface area contributed by atoms with Gasteiger partial charge in [-0.25, -0.2) is 0 Å². The predicted octanol–water partition coefficient (Wildman–Crippen LogP) is 3.12. The molecule has 0 aliphatic carbocycles. The molecule has 1 aromatic carbocycles. The van der Waals surface area contributed by atoms with Crippen molar-refractivity contribution in [2.24, 2.45) is 5.41 Å². The highest BCUT2D eigenvalue weighted by Gasteiger charge is 2.28. The Labute approximate surface area is 118 Å². The lowest BCUT2D eigenvalue weighted by Gasteiger charge is -2.38. The molecule has 1 aliphatic rings. The third-order valence-electron chi connectivity index (χ3n) is 4.56. The molecule has 2 rings (SSSR count). The number of likely N-dealkylation sites (tertiary alicyclic amines) is 1. The molecule has 0 radical (unpaired) electrons. The molecule has 0 aromatic heterocycles. The van der Waals surface area contributed by atoms with Crippen LogP contribution in [0.4, 0.5) is 0 Å². The highest BCUT2D eigenvalue weighted by Crippen LogP contribution is 2.29. The smallest absolute Gasteiger partial charge is 0.0208 e. The molecule has 0 amide bonds. The van der Waals surface area contributed by atoms with Crippen molar-refractivity contribution in [3.05, 3.63) is 34.9 Å². The summed E-state index contributed by atoms with van der Waals surface area (Å²) in [5.74, 6) is 0. The van der Waals surface area contributed by atoms with E-state index in [1.807, 2.05) is 0 Å². The van der Waals surface area contributed by atoms with Gasteiger partial charge in [0, 0.05) is 13.1 Å². The maximum atomic E-state index is 3.67. The van der Waals surface area contributed by atoms with Crippen LogP contribution in [0.25, 0.3) is 0 Å². The minimum atomic E-state index is 0.477. The summed E-state index contributed by atoms with van der Waals surface area (Å²) < 4.78 is 0. The fourth-order valence-corrected chi connectivity index (χ4v) is 2.88. The van der Waals surface area contributed by atoms with E-state index >= 15 is 0 Å². The largest absolute Gasteiger partial charge is 0.312 e. The highest BCUT2D eigenvalue weighted by atomic mass is 15.1. The standard InChI is InChI=1S/C17H28N2/c1-14-5-6-16(15(2)11-14)12-18-13-17(3)7-9-19(4)10-8-17/h5-6,11,18H,7-10,12-13H2,1-4H3. The number of nitrogens with zero attached hydrogens (tertiary/aromatic N) is 1. The van der Waals surface area contributed by atoms with Crippen molar-refractivity contribution in [2.75, 3.05) is 26.7 Å². The van der Waals surface area contributed by atoms with Gasteiger partial charge in [0.2, 0.25) is 0 Å². The molecule has 0 spiro atoms. The molecule has 2 nitrogen and oxygen atoms in total. The molecule has 0 unspecified atom stereocenters. The summed E-state index contributed by atoms with van der Waals surface area (Å²) >= 11 is 0. The molecule has 0 atom stereocenters. The van der Waals surface area contributed by atoms with Crippen LogP contribution in [0.15, 0.2) is 18.2 Å². The lowest BCUT2D eigenvalue weighted by Crippen LogP contribution is -2.41. The molecule has 0 bridgehead atoms. The number of rotatable bonds is 4. The van der Waals surface area contributed by atoms with E-state index in [0.29, 0.717) is 5.41 Å². The van der Waals surface area contributed by atoms with E-state index in [1.54, 1.807) is 0 Å². The Balaban J connectivity index is 1.83. The van der Waals surface area contributed by atoms with Crippen molar-refractivity contribution in [3.8, 4) is 0 Å². The minimum Gasteiger partial charge on any atom is -0.312 e. The van der Waals surface area contributed by atoms with E-state index in [1.165, 1.54) is 42.6 Å². The SMILES string of the molecule is Cc1ccc(CNCC2(C)CCN(C)CC2)c(C)c1. The first-order valence-corrected chi connectivity index (χ1v) is 7.44. The van der Waals surface area contributed by atoms with Crippen LogP contribution in [-0.2, 0) is 6.54 Å². The maximum Gasteiger partial charge on any atom is 0.0208 e. The van der Waals surface area contributed by atoms with Crippen LogP contribution in [-0.4, -0.2) is 31.6 Å². The zero-order valence-electron chi connectivity index (χ0n) is 12.9. The van der Waals surface area contributed by atoms with Gasteiger partial charge in [-0.15, -0.1) is 0 Å². The topological polar surface area (TPSA) is 15.3 Å². The minimum absolute atomic E-state index is 0.477. The van der Waals surface area contributed by atoms with Crippen molar-refractivity contribution in [1.29, 1.82) is 0 Å². The number of aryl methyl sites for hydroxylation is 2. The van der Waals surface area contributed by atoms with Crippen molar-refractivity contribution in [1.82, 2.24) is 10.2 Å². The fraction of sp³-hybridized carbons (Fsp3) is 0.647. The summed E-state index contributed by atoms with van der Waals surface area (Å²) in [5, 5.41) is 3.67. The molecule has 1 fully saturated rings. The van der Waals surface area contributed by atoms with E-state index in [0.717, 1.165) is 13.1 Å². The average molecular weight is 260 g/mol. The molecule has 1 N–H and O–H groups in total. The number of piperidine rings is 1. The van der Waals surface area contributed by atoms with Crippen LogP contribution in [0.5, 0.6) is 0 Å². The van der Waals surface area contributed by atoms with E-state index in [2.05, 4.69) is 56.2 Å². The Morgan fingerprint density at radius 3 is 2.53 bits per heavy atom. The summed E-state index contributed by atoms with van der Waals surface area (Å²) in [6.45, 7) is 11.4. The van der Waals surface area contributed by atoms with Crippen LogP contribution in [0.1, 0.15) is 36.5 Å². The lowest BCUT2D eigenvalue weighted by atomic mass is 9.80. The summed E-state index contributed by atoms with van der Waals surface area (Å²) in [4.78, 5) is 2.44. The van der Waals surface area contributed by atoms with Gasteiger partial charge in [0.15, 0.2) is 0 Å². The molecule has 1 aromatic rings. The molecule has 106 valence electrons. The van der Waals surface area contributed by atoms with E-state index in [-0.39, 0.29) is 0 Å². The first-order chi connectivity index (χ1) is 8.98. The van der Waals surface area contributed by atoms with E-state index in [9.17, 15) is 0 Å². The molecule has 1 heterocycles. The predicted molar refractivity (Wildman–Crippen MR) is 82.5 cm³/mol. The molecular formula is C17H28N2. The Morgan fingerprint density at radius 2 is 1.89 bits per heavy atom. The highest BCUT2D eigenvalue weighted by molar-refractivity contribution is 5.30. The van der Waals surface area contributed by atoms with Gasteiger partial charge in [0.1, 0.15) is 0 Å². The fourth-order valence-electron chi connectivity index (χ4n) is 2.88. The van der Waals surface area contributed by atoms with Crippen LogP contribution < -0.4 is 5.32 Å². The van der Waals surface area contributed by atoms with Gasteiger partial charge >= 0.3 is 0 Å². The number of benzene rings is 1. The summed E-state index contributed by atoms with van der Waals surface area (Å²) in [7, 11) is 2.22. The number of hydrogen-bond donors (Lipinski definition) is 1. The van der Waals surface area contributed by atoms with Crippen molar-refractivity contribution in [2.45, 2.75) is 40.2 Å². The lowest BCUT2D eigenvalue weighted by molar-refractivity contribution is 0.137. The van der Waals surface area contributed by atoms with Gasteiger partial charge in [-0.2, -0.15) is 0 Å². The quantitative estimate of drug-likeness (QED) is 0.895. The van der Waals surface area contributed by atoms with E-state index in [4.69, 9.17) is 0 Å².